The Morgan fingerprint density at radius 2 is 1.32 bits per heavy atom. The van der Waals surface area contributed by atoms with E-state index in [2.05, 4.69) is 50.9 Å². The van der Waals surface area contributed by atoms with Gasteiger partial charge in [0.05, 0.1) is 22.6 Å². The standard InChI is InChI=1S/C33H29F3N2/c1-5-21-13-25(16-28(14-21)32(2,3)4)26-18-29(23-11-8-12-27(15-23)33(34,35)36)38-31(19-26)30-17-22-9-6-7-10-24(22)20-37-30/h6-20H,5H2,1-4H3. The highest BCUT2D eigenvalue weighted by atomic mass is 19.4. The summed E-state index contributed by atoms with van der Waals surface area (Å²) in [7, 11) is 0. The molecule has 0 amide bonds. The summed E-state index contributed by atoms with van der Waals surface area (Å²) in [5, 5.41) is 2.03. The number of alkyl halides is 3. The molecule has 0 aliphatic rings. The van der Waals surface area contributed by atoms with E-state index in [4.69, 9.17) is 4.98 Å². The van der Waals surface area contributed by atoms with Crippen molar-refractivity contribution in [2.75, 3.05) is 0 Å². The van der Waals surface area contributed by atoms with Crippen LogP contribution in [0.3, 0.4) is 0 Å². The second-order valence-electron chi connectivity index (χ2n) is 10.6. The van der Waals surface area contributed by atoms with Gasteiger partial charge in [0.1, 0.15) is 0 Å². The van der Waals surface area contributed by atoms with E-state index in [1.165, 1.54) is 17.2 Å². The molecule has 0 aliphatic heterocycles. The van der Waals surface area contributed by atoms with Crippen LogP contribution in [0.5, 0.6) is 0 Å². The molecule has 3 aromatic carbocycles. The molecule has 38 heavy (non-hydrogen) atoms. The average Bonchev–Trinajstić information content (AvgIpc) is 2.91. The van der Waals surface area contributed by atoms with Crippen LogP contribution in [-0.2, 0) is 18.0 Å². The Balaban J connectivity index is 1.75. The Morgan fingerprint density at radius 1 is 0.632 bits per heavy atom. The summed E-state index contributed by atoms with van der Waals surface area (Å²) >= 11 is 0. The molecule has 2 nitrogen and oxygen atoms in total. The van der Waals surface area contributed by atoms with Crippen molar-refractivity contribution in [1.29, 1.82) is 0 Å². The van der Waals surface area contributed by atoms with Gasteiger partial charge < -0.3 is 0 Å². The minimum absolute atomic E-state index is 0.0560. The highest BCUT2D eigenvalue weighted by Crippen LogP contribution is 2.36. The third-order valence-corrected chi connectivity index (χ3v) is 6.80. The van der Waals surface area contributed by atoms with Gasteiger partial charge in [-0.15, -0.1) is 0 Å². The number of halogens is 3. The number of aromatic nitrogens is 2. The number of rotatable bonds is 4. The van der Waals surface area contributed by atoms with Crippen molar-refractivity contribution < 1.29 is 13.2 Å². The molecule has 0 N–H and O–H groups in total. The number of benzene rings is 3. The van der Waals surface area contributed by atoms with Gasteiger partial charge in [0.2, 0.25) is 0 Å². The summed E-state index contributed by atoms with van der Waals surface area (Å²) in [5.41, 5.74) is 5.70. The molecule has 0 unspecified atom stereocenters. The van der Waals surface area contributed by atoms with E-state index < -0.39 is 11.7 Å². The molecule has 0 saturated heterocycles. The number of aryl methyl sites for hydroxylation is 1. The third kappa shape index (κ3) is 5.33. The lowest BCUT2D eigenvalue weighted by Crippen LogP contribution is -2.11. The van der Waals surface area contributed by atoms with Gasteiger partial charge in [-0.1, -0.05) is 82.3 Å². The van der Waals surface area contributed by atoms with Crippen LogP contribution in [0.25, 0.3) is 44.5 Å². The number of nitrogens with zero attached hydrogens (tertiary/aromatic N) is 2. The number of fused-ring (bicyclic) bond motifs is 1. The van der Waals surface area contributed by atoms with Gasteiger partial charge in [0.15, 0.2) is 0 Å². The van der Waals surface area contributed by atoms with Crippen LogP contribution < -0.4 is 0 Å². The van der Waals surface area contributed by atoms with Gasteiger partial charge in [-0.3, -0.25) is 4.98 Å². The van der Waals surface area contributed by atoms with Gasteiger partial charge in [-0.25, -0.2) is 4.98 Å². The van der Waals surface area contributed by atoms with E-state index in [1.807, 2.05) is 42.5 Å². The van der Waals surface area contributed by atoms with Crippen LogP contribution >= 0.6 is 0 Å². The molecule has 5 heteroatoms. The zero-order valence-corrected chi connectivity index (χ0v) is 21.9. The fourth-order valence-corrected chi connectivity index (χ4v) is 4.55. The molecule has 0 spiro atoms. The summed E-state index contributed by atoms with van der Waals surface area (Å²) in [4.78, 5) is 9.46. The number of hydrogen-bond acceptors (Lipinski definition) is 2. The normalized spacial score (nSPS) is 12.2. The van der Waals surface area contributed by atoms with Crippen molar-refractivity contribution in [3.63, 3.8) is 0 Å². The first-order valence-corrected chi connectivity index (χ1v) is 12.7. The topological polar surface area (TPSA) is 25.8 Å². The molecule has 0 saturated carbocycles. The van der Waals surface area contributed by atoms with Crippen LogP contribution in [0.1, 0.15) is 44.4 Å². The predicted molar refractivity (Wildman–Crippen MR) is 149 cm³/mol. The lowest BCUT2D eigenvalue weighted by Gasteiger charge is -2.21. The summed E-state index contributed by atoms with van der Waals surface area (Å²) in [6.07, 6.45) is -1.76. The summed E-state index contributed by atoms with van der Waals surface area (Å²) in [5.74, 6) is 0. The summed E-state index contributed by atoms with van der Waals surface area (Å²) < 4.78 is 40.6. The van der Waals surface area contributed by atoms with E-state index in [-0.39, 0.29) is 5.41 Å². The van der Waals surface area contributed by atoms with Gasteiger partial charge in [0.25, 0.3) is 0 Å². The fourth-order valence-electron chi connectivity index (χ4n) is 4.55. The Labute approximate surface area is 221 Å². The number of pyridine rings is 2. The molecule has 0 aliphatic carbocycles. The Bertz CT molecular complexity index is 1630. The van der Waals surface area contributed by atoms with Crippen molar-refractivity contribution in [1.82, 2.24) is 9.97 Å². The minimum atomic E-state index is -4.44. The largest absolute Gasteiger partial charge is 0.416 e. The van der Waals surface area contributed by atoms with Gasteiger partial charge >= 0.3 is 6.18 Å². The summed E-state index contributed by atoms with van der Waals surface area (Å²) in [6, 6.07) is 25.6. The molecule has 0 radical (unpaired) electrons. The first-order valence-electron chi connectivity index (χ1n) is 12.7. The van der Waals surface area contributed by atoms with Crippen LogP contribution in [0, 0.1) is 0 Å². The molecule has 0 fully saturated rings. The Kier molecular flexibility index (Phi) is 6.56. The highest BCUT2D eigenvalue weighted by molar-refractivity contribution is 5.86. The molecule has 5 rings (SSSR count). The van der Waals surface area contributed by atoms with E-state index in [0.717, 1.165) is 40.5 Å². The van der Waals surface area contributed by atoms with Crippen LogP contribution in [0.4, 0.5) is 13.2 Å². The monoisotopic (exact) mass is 510 g/mol. The SMILES string of the molecule is CCc1cc(-c2cc(-c3cccc(C(F)(F)F)c3)nc(-c3cc4ccccc4cn3)c2)cc(C(C)(C)C)c1. The number of hydrogen-bond donors (Lipinski definition) is 0. The quantitative estimate of drug-likeness (QED) is 0.241. The third-order valence-electron chi connectivity index (χ3n) is 6.80. The second kappa shape index (κ2) is 9.71. The van der Waals surface area contributed by atoms with Crippen LogP contribution in [-0.4, -0.2) is 9.97 Å². The molecular formula is C33H29F3N2. The van der Waals surface area contributed by atoms with E-state index >= 15 is 0 Å². The van der Waals surface area contributed by atoms with Gasteiger partial charge in [-0.05, 0) is 69.8 Å². The second-order valence-corrected chi connectivity index (χ2v) is 10.6. The zero-order valence-electron chi connectivity index (χ0n) is 21.9. The Morgan fingerprint density at radius 3 is 2.03 bits per heavy atom. The molecule has 2 aromatic heterocycles. The minimum Gasteiger partial charge on any atom is -0.254 e. The maximum absolute atomic E-state index is 13.5. The lowest BCUT2D eigenvalue weighted by atomic mass is 9.83. The first-order chi connectivity index (χ1) is 18.0. The van der Waals surface area contributed by atoms with Crippen LogP contribution in [0.2, 0.25) is 0 Å². The van der Waals surface area contributed by atoms with Crippen molar-refractivity contribution in [2.45, 2.75) is 45.7 Å². The van der Waals surface area contributed by atoms with Crippen molar-refractivity contribution in [2.24, 2.45) is 0 Å². The highest BCUT2D eigenvalue weighted by Gasteiger charge is 2.30. The average molecular weight is 511 g/mol. The molecule has 5 aromatic rings. The van der Waals surface area contributed by atoms with Crippen LogP contribution in [0.15, 0.2) is 91.1 Å². The van der Waals surface area contributed by atoms with Crippen molar-refractivity contribution in [3.8, 4) is 33.8 Å². The molecular weight excluding hydrogens is 481 g/mol. The lowest BCUT2D eigenvalue weighted by molar-refractivity contribution is -0.137. The van der Waals surface area contributed by atoms with Gasteiger partial charge in [0, 0.05) is 17.1 Å². The maximum Gasteiger partial charge on any atom is 0.416 e. The zero-order chi connectivity index (χ0) is 27.1. The van der Waals surface area contributed by atoms with Gasteiger partial charge in [-0.2, -0.15) is 13.2 Å². The van der Waals surface area contributed by atoms with Crippen molar-refractivity contribution in [3.05, 3.63) is 108 Å². The molecule has 0 atom stereocenters. The molecule has 192 valence electrons. The van der Waals surface area contributed by atoms with E-state index in [0.29, 0.717) is 22.6 Å². The smallest absolute Gasteiger partial charge is 0.254 e. The molecule has 2 heterocycles. The Hall–Kier alpha value is -3.99. The van der Waals surface area contributed by atoms with Crippen molar-refractivity contribution >= 4 is 10.8 Å². The van der Waals surface area contributed by atoms with E-state index in [9.17, 15) is 13.2 Å². The maximum atomic E-state index is 13.5. The fraction of sp³-hybridized carbons (Fsp3) is 0.212. The van der Waals surface area contributed by atoms with E-state index in [1.54, 1.807) is 12.3 Å². The predicted octanol–water partition coefficient (Wildman–Crippen LogP) is 9.51. The first kappa shape index (κ1) is 25.7. The summed E-state index contributed by atoms with van der Waals surface area (Å²) in [6.45, 7) is 8.65. The molecule has 0 bridgehead atoms.